The molecule has 1 aromatic heterocycles. The van der Waals surface area contributed by atoms with Crippen LogP contribution in [0.2, 0.25) is 0 Å². The quantitative estimate of drug-likeness (QED) is 0.766. The average Bonchev–Trinajstić information content (AvgIpc) is 2.52. The Hall–Kier alpha value is -2.76. The van der Waals surface area contributed by atoms with E-state index in [0.717, 1.165) is 17.1 Å². The lowest BCUT2D eigenvalue weighted by molar-refractivity contribution is 0.405. The van der Waals surface area contributed by atoms with Gasteiger partial charge in [0.15, 0.2) is 0 Å². The molecule has 2 aromatic rings. The summed E-state index contributed by atoms with van der Waals surface area (Å²) in [5, 5.41) is 6.31. The van der Waals surface area contributed by atoms with Crippen molar-refractivity contribution in [1.29, 1.82) is 0 Å². The van der Waals surface area contributed by atoms with Gasteiger partial charge in [-0.05, 0) is 19.1 Å². The fourth-order valence-corrected chi connectivity index (χ4v) is 1.92. The maximum Gasteiger partial charge on any atom is 0.225 e. The number of aryl methyl sites for hydroxylation is 1. The molecule has 0 aliphatic rings. The number of methoxy groups -OCH3 is 2. The number of rotatable bonds is 7. The van der Waals surface area contributed by atoms with Crippen molar-refractivity contribution in [2.24, 2.45) is 0 Å². The highest BCUT2D eigenvalue weighted by atomic mass is 16.5. The highest BCUT2D eigenvalue weighted by Crippen LogP contribution is 2.31. The molecule has 1 heterocycles. The van der Waals surface area contributed by atoms with Crippen LogP contribution in [0.15, 0.2) is 36.9 Å². The Kier molecular flexibility index (Phi) is 5.19. The van der Waals surface area contributed by atoms with Crippen molar-refractivity contribution in [3.8, 4) is 11.5 Å². The summed E-state index contributed by atoms with van der Waals surface area (Å²) in [6, 6.07) is 7.39. The molecular formula is C16H20N4O2. The molecule has 116 valence electrons. The fraction of sp³-hybridized carbons (Fsp3) is 0.250. The smallest absolute Gasteiger partial charge is 0.225 e. The van der Waals surface area contributed by atoms with Crippen molar-refractivity contribution in [2.45, 2.75) is 6.92 Å². The van der Waals surface area contributed by atoms with Crippen LogP contribution in [0.4, 0.5) is 17.5 Å². The van der Waals surface area contributed by atoms with Gasteiger partial charge in [0.1, 0.15) is 17.3 Å². The van der Waals surface area contributed by atoms with Crippen LogP contribution in [-0.2, 0) is 0 Å². The van der Waals surface area contributed by atoms with Gasteiger partial charge in [0, 0.05) is 24.4 Å². The van der Waals surface area contributed by atoms with Gasteiger partial charge in [-0.3, -0.25) is 0 Å². The Bertz CT molecular complexity index is 659. The summed E-state index contributed by atoms with van der Waals surface area (Å²) in [5.74, 6) is 2.66. The van der Waals surface area contributed by atoms with E-state index in [4.69, 9.17) is 9.47 Å². The lowest BCUT2D eigenvalue weighted by Crippen LogP contribution is -2.06. The Morgan fingerprint density at radius 2 is 2.00 bits per heavy atom. The van der Waals surface area contributed by atoms with Gasteiger partial charge in [0.05, 0.1) is 19.9 Å². The molecule has 0 aliphatic heterocycles. The lowest BCUT2D eigenvalue weighted by Gasteiger charge is -2.13. The second-order valence-corrected chi connectivity index (χ2v) is 4.58. The van der Waals surface area contributed by atoms with E-state index in [1.165, 1.54) is 0 Å². The maximum absolute atomic E-state index is 5.35. The molecule has 0 unspecified atom stereocenters. The number of nitrogens with one attached hydrogen (secondary N) is 2. The molecule has 0 spiro atoms. The first-order valence-corrected chi connectivity index (χ1v) is 6.85. The van der Waals surface area contributed by atoms with Gasteiger partial charge < -0.3 is 20.1 Å². The number of hydrogen-bond acceptors (Lipinski definition) is 6. The SMILES string of the molecule is C=CCNc1nc(C)cc(Nc2cc(OC)ccc2OC)n1. The number of nitrogens with zero attached hydrogens (tertiary/aromatic N) is 2. The molecule has 2 rings (SSSR count). The highest BCUT2D eigenvalue weighted by molar-refractivity contribution is 5.66. The van der Waals surface area contributed by atoms with Crippen LogP contribution in [0.3, 0.4) is 0 Å². The molecule has 0 atom stereocenters. The first-order valence-electron chi connectivity index (χ1n) is 6.85. The number of anilines is 3. The van der Waals surface area contributed by atoms with Crippen LogP contribution in [0.5, 0.6) is 11.5 Å². The zero-order valence-electron chi connectivity index (χ0n) is 13.0. The third-order valence-electron chi connectivity index (χ3n) is 2.93. The van der Waals surface area contributed by atoms with Crippen LogP contribution >= 0.6 is 0 Å². The molecule has 0 bridgehead atoms. The van der Waals surface area contributed by atoms with Gasteiger partial charge in [-0.15, -0.1) is 6.58 Å². The van der Waals surface area contributed by atoms with Crippen LogP contribution in [0.1, 0.15) is 5.69 Å². The molecule has 0 aliphatic carbocycles. The minimum absolute atomic E-state index is 0.546. The molecule has 1 aromatic carbocycles. The first-order chi connectivity index (χ1) is 10.7. The van der Waals surface area contributed by atoms with Crippen molar-refractivity contribution < 1.29 is 9.47 Å². The zero-order valence-corrected chi connectivity index (χ0v) is 13.0. The number of ether oxygens (including phenoxy) is 2. The fourth-order valence-electron chi connectivity index (χ4n) is 1.92. The summed E-state index contributed by atoms with van der Waals surface area (Å²) in [6.07, 6.45) is 1.75. The summed E-state index contributed by atoms with van der Waals surface area (Å²) >= 11 is 0. The summed E-state index contributed by atoms with van der Waals surface area (Å²) in [4.78, 5) is 8.74. The van der Waals surface area contributed by atoms with Gasteiger partial charge >= 0.3 is 0 Å². The maximum atomic E-state index is 5.35. The van der Waals surface area contributed by atoms with Crippen molar-refractivity contribution in [2.75, 3.05) is 31.4 Å². The Morgan fingerprint density at radius 3 is 2.68 bits per heavy atom. The summed E-state index contributed by atoms with van der Waals surface area (Å²) in [5.41, 5.74) is 1.63. The zero-order chi connectivity index (χ0) is 15.9. The van der Waals surface area contributed by atoms with E-state index < -0.39 is 0 Å². The van der Waals surface area contributed by atoms with Gasteiger partial charge in [0.25, 0.3) is 0 Å². The normalized spacial score (nSPS) is 9.95. The first kappa shape index (κ1) is 15.6. The van der Waals surface area contributed by atoms with Gasteiger partial charge in [0.2, 0.25) is 5.95 Å². The van der Waals surface area contributed by atoms with E-state index in [1.54, 1.807) is 20.3 Å². The Morgan fingerprint density at radius 1 is 1.18 bits per heavy atom. The van der Waals surface area contributed by atoms with Gasteiger partial charge in [-0.25, -0.2) is 4.98 Å². The molecule has 0 saturated carbocycles. The Labute approximate surface area is 130 Å². The van der Waals surface area contributed by atoms with Gasteiger partial charge in [-0.2, -0.15) is 4.98 Å². The Balaban J connectivity index is 2.29. The third kappa shape index (κ3) is 3.88. The monoisotopic (exact) mass is 300 g/mol. The van der Waals surface area contributed by atoms with Crippen molar-refractivity contribution in [3.05, 3.63) is 42.6 Å². The predicted molar refractivity (Wildman–Crippen MR) is 88.3 cm³/mol. The minimum Gasteiger partial charge on any atom is -0.497 e. The van der Waals surface area contributed by atoms with Crippen molar-refractivity contribution >= 4 is 17.5 Å². The van der Waals surface area contributed by atoms with E-state index in [-0.39, 0.29) is 0 Å². The molecule has 2 N–H and O–H groups in total. The minimum atomic E-state index is 0.546. The van der Waals surface area contributed by atoms with Gasteiger partial charge in [-0.1, -0.05) is 6.08 Å². The van der Waals surface area contributed by atoms with E-state index in [0.29, 0.717) is 24.1 Å². The molecule has 6 heteroatoms. The third-order valence-corrected chi connectivity index (χ3v) is 2.93. The second kappa shape index (κ2) is 7.31. The number of benzene rings is 1. The van der Waals surface area contributed by atoms with Crippen LogP contribution in [-0.4, -0.2) is 30.7 Å². The lowest BCUT2D eigenvalue weighted by atomic mass is 10.2. The molecule has 22 heavy (non-hydrogen) atoms. The summed E-state index contributed by atoms with van der Waals surface area (Å²) in [6.45, 7) is 6.18. The van der Waals surface area contributed by atoms with E-state index in [2.05, 4.69) is 27.2 Å². The number of aromatic nitrogens is 2. The number of hydrogen-bond donors (Lipinski definition) is 2. The molecule has 0 amide bonds. The highest BCUT2D eigenvalue weighted by Gasteiger charge is 2.08. The van der Waals surface area contributed by atoms with E-state index in [9.17, 15) is 0 Å². The standard InChI is InChI=1S/C16H20N4O2/c1-5-8-17-16-18-11(2)9-15(20-16)19-13-10-12(21-3)6-7-14(13)22-4/h5-7,9-10H,1,8H2,2-4H3,(H2,17,18,19,20). The van der Waals surface area contributed by atoms with Crippen molar-refractivity contribution in [1.82, 2.24) is 9.97 Å². The molecule has 6 nitrogen and oxygen atoms in total. The average molecular weight is 300 g/mol. The molecule has 0 saturated heterocycles. The second-order valence-electron chi connectivity index (χ2n) is 4.58. The molecular weight excluding hydrogens is 280 g/mol. The molecule has 0 fully saturated rings. The van der Waals surface area contributed by atoms with E-state index >= 15 is 0 Å². The van der Waals surface area contributed by atoms with Crippen LogP contribution < -0.4 is 20.1 Å². The van der Waals surface area contributed by atoms with E-state index in [1.807, 2.05) is 31.2 Å². The molecule has 0 radical (unpaired) electrons. The summed E-state index contributed by atoms with van der Waals surface area (Å²) < 4.78 is 10.6. The topological polar surface area (TPSA) is 68.3 Å². The van der Waals surface area contributed by atoms with Crippen molar-refractivity contribution in [3.63, 3.8) is 0 Å². The largest absolute Gasteiger partial charge is 0.497 e. The predicted octanol–water partition coefficient (Wildman–Crippen LogP) is 3.14. The van der Waals surface area contributed by atoms with Crippen LogP contribution in [0.25, 0.3) is 0 Å². The van der Waals surface area contributed by atoms with Crippen LogP contribution in [0, 0.1) is 6.92 Å². The summed E-state index contributed by atoms with van der Waals surface area (Å²) in [7, 11) is 3.24.